The number of carbonyl (C=O) groups is 2. The molecular formula is C27H25N5O4. The molecule has 0 atom stereocenters. The van der Waals surface area contributed by atoms with Crippen LogP contribution in [0.4, 0.5) is 5.82 Å². The number of hydrogen-bond acceptors (Lipinski definition) is 6. The van der Waals surface area contributed by atoms with Crippen LogP contribution < -0.4 is 10.1 Å². The van der Waals surface area contributed by atoms with E-state index >= 15 is 0 Å². The summed E-state index contributed by atoms with van der Waals surface area (Å²) in [5, 5.41) is 17.1. The molecule has 9 heteroatoms. The number of rotatable bonds is 5. The van der Waals surface area contributed by atoms with Crippen molar-refractivity contribution in [2.75, 3.05) is 25.0 Å². The molecule has 0 radical (unpaired) electrons. The number of anilines is 1. The summed E-state index contributed by atoms with van der Waals surface area (Å²) in [6.45, 7) is 2.26. The summed E-state index contributed by atoms with van der Waals surface area (Å²) in [5.74, 6) is 0.0868. The van der Waals surface area contributed by atoms with Crippen LogP contribution in [0.5, 0.6) is 5.75 Å². The van der Waals surface area contributed by atoms with E-state index in [9.17, 15) is 14.7 Å². The minimum atomic E-state index is -1.12. The van der Waals surface area contributed by atoms with Gasteiger partial charge >= 0.3 is 5.97 Å². The van der Waals surface area contributed by atoms with E-state index in [1.807, 2.05) is 53.4 Å². The Morgan fingerprint density at radius 1 is 1.00 bits per heavy atom. The monoisotopic (exact) mass is 483 g/mol. The smallest absolute Gasteiger partial charge is 0.341 e. The van der Waals surface area contributed by atoms with Crippen molar-refractivity contribution in [2.24, 2.45) is 0 Å². The zero-order chi connectivity index (χ0) is 24.7. The number of amides is 1. The van der Waals surface area contributed by atoms with Crippen LogP contribution in [0.25, 0.3) is 5.65 Å². The zero-order valence-corrected chi connectivity index (χ0v) is 19.6. The predicted octanol–water partition coefficient (Wildman–Crippen LogP) is 3.61. The van der Waals surface area contributed by atoms with Gasteiger partial charge in [0.15, 0.2) is 5.65 Å². The van der Waals surface area contributed by atoms with Crippen molar-refractivity contribution in [1.82, 2.24) is 19.5 Å². The maximum absolute atomic E-state index is 13.7. The number of fused-ring (bicyclic) bond motifs is 3. The number of aromatic carboxylic acids is 1. The van der Waals surface area contributed by atoms with Crippen molar-refractivity contribution in [3.8, 4) is 5.75 Å². The fraction of sp³-hybridized carbons (Fsp3) is 0.259. The molecule has 1 saturated heterocycles. The number of ether oxygens (including phenoxy) is 1. The highest BCUT2D eigenvalue weighted by Gasteiger charge is 2.44. The summed E-state index contributed by atoms with van der Waals surface area (Å²) in [4.78, 5) is 31.5. The lowest BCUT2D eigenvalue weighted by atomic mass is 9.74. The highest BCUT2D eigenvalue weighted by atomic mass is 16.5. The largest absolute Gasteiger partial charge is 0.492 e. The lowest BCUT2D eigenvalue weighted by molar-refractivity contribution is 0.0645. The second-order valence-corrected chi connectivity index (χ2v) is 9.32. The molecular weight excluding hydrogens is 458 g/mol. The average Bonchev–Trinajstić information content (AvgIpc) is 3.51. The second kappa shape index (κ2) is 8.67. The molecule has 9 nitrogen and oxygen atoms in total. The van der Waals surface area contributed by atoms with Gasteiger partial charge in [-0.1, -0.05) is 48.5 Å². The van der Waals surface area contributed by atoms with Crippen LogP contribution in [-0.2, 0) is 12.0 Å². The molecule has 36 heavy (non-hydrogen) atoms. The Morgan fingerprint density at radius 2 is 1.75 bits per heavy atom. The van der Waals surface area contributed by atoms with E-state index in [0.717, 1.165) is 24.2 Å². The molecule has 2 N–H and O–H groups in total. The topological polar surface area (TPSA) is 109 Å². The Labute approximate surface area is 207 Å². The van der Waals surface area contributed by atoms with Crippen LogP contribution >= 0.6 is 0 Å². The number of nitrogens with one attached hydrogen (secondary N) is 1. The summed E-state index contributed by atoms with van der Waals surface area (Å²) in [7, 11) is 0. The molecule has 0 aliphatic carbocycles. The van der Waals surface area contributed by atoms with Crippen LogP contribution in [0.3, 0.4) is 0 Å². The van der Waals surface area contributed by atoms with Crippen molar-refractivity contribution >= 4 is 23.3 Å². The first-order valence-corrected chi connectivity index (χ1v) is 12.0. The summed E-state index contributed by atoms with van der Waals surface area (Å²) in [5.41, 5.74) is 2.71. The number of carboxylic acids is 1. The predicted molar refractivity (Wildman–Crippen MR) is 132 cm³/mol. The van der Waals surface area contributed by atoms with E-state index in [-0.39, 0.29) is 22.5 Å². The number of nitrogens with zero attached hydrogens (tertiary/aromatic N) is 4. The number of carbonyl (C=O) groups excluding carboxylic acids is 1. The van der Waals surface area contributed by atoms with Crippen molar-refractivity contribution in [2.45, 2.75) is 24.8 Å². The standard InChI is InChI=1S/C27H25N5O4/c33-25(31-12-10-27(11-13-31)17-36-22-9-5-4-8-21(22)27)19-15-29-24-20(26(34)35)16-30-32(24)23(19)28-14-18-6-2-1-3-7-18/h1-9,15-16,28H,10-14,17H2,(H,34,35). The molecule has 2 aromatic heterocycles. The van der Waals surface area contributed by atoms with Gasteiger partial charge in [0.25, 0.3) is 5.91 Å². The van der Waals surface area contributed by atoms with Gasteiger partial charge in [0, 0.05) is 36.8 Å². The summed E-state index contributed by atoms with van der Waals surface area (Å²) >= 11 is 0. The van der Waals surface area contributed by atoms with Gasteiger partial charge in [-0.15, -0.1) is 0 Å². The molecule has 2 aliphatic heterocycles. The Bertz CT molecular complexity index is 1460. The van der Waals surface area contributed by atoms with Crippen LogP contribution in [0.15, 0.2) is 67.0 Å². The Hall–Kier alpha value is -4.40. The Kier molecular flexibility index (Phi) is 5.32. The van der Waals surface area contributed by atoms with Gasteiger partial charge in [0.05, 0.1) is 12.8 Å². The van der Waals surface area contributed by atoms with Gasteiger partial charge in [0.1, 0.15) is 22.7 Å². The fourth-order valence-corrected chi connectivity index (χ4v) is 5.24. The number of likely N-dealkylation sites (tertiary alicyclic amines) is 1. The number of benzene rings is 2. The maximum Gasteiger partial charge on any atom is 0.341 e. The van der Waals surface area contributed by atoms with Gasteiger partial charge in [-0.25, -0.2) is 9.78 Å². The summed E-state index contributed by atoms with van der Waals surface area (Å²) in [6.07, 6.45) is 4.33. The minimum absolute atomic E-state index is 0.0171. The molecule has 0 bridgehead atoms. The molecule has 4 aromatic rings. The lowest BCUT2D eigenvalue weighted by Gasteiger charge is -2.38. The third kappa shape index (κ3) is 3.64. The fourth-order valence-electron chi connectivity index (χ4n) is 5.24. The first kappa shape index (κ1) is 22.1. The third-order valence-corrected chi connectivity index (χ3v) is 7.26. The molecule has 2 aliphatic rings. The maximum atomic E-state index is 13.7. The first-order valence-electron chi connectivity index (χ1n) is 12.0. The number of piperidine rings is 1. The highest BCUT2D eigenvalue weighted by Crippen LogP contribution is 2.45. The lowest BCUT2D eigenvalue weighted by Crippen LogP contribution is -2.46. The molecule has 4 heterocycles. The molecule has 182 valence electrons. The Morgan fingerprint density at radius 3 is 2.53 bits per heavy atom. The van der Waals surface area contributed by atoms with Crippen molar-refractivity contribution in [3.63, 3.8) is 0 Å². The van der Waals surface area contributed by atoms with Crippen molar-refractivity contribution in [1.29, 1.82) is 0 Å². The number of carboxylic acid groups (broad SMARTS) is 1. The minimum Gasteiger partial charge on any atom is -0.492 e. The molecule has 0 unspecified atom stereocenters. The van der Waals surface area contributed by atoms with Gasteiger partial charge in [0.2, 0.25) is 0 Å². The molecule has 1 spiro atoms. The van der Waals surface area contributed by atoms with Crippen molar-refractivity contribution in [3.05, 3.63) is 89.2 Å². The highest BCUT2D eigenvalue weighted by molar-refractivity contribution is 6.00. The van der Waals surface area contributed by atoms with E-state index < -0.39 is 5.97 Å². The van der Waals surface area contributed by atoms with Gasteiger partial charge in [-0.05, 0) is 24.5 Å². The summed E-state index contributed by atoms with van der Waals surface area (Å²) < 4.78 is 7.36. The van der Waals surface area contributed by atoms with E-state index in [0.29, 0.717) is 37.6 Å². The summed E-state index contributed by atoms with van der Waals surface area (Å²) in [6, 6.07) is 17.9. The SMILES string of the molecule is O=C(O)c1cnn2c(NCc3ccccc3)c(C(=O)N3CCC4(CC3)COc3ccccc34)cnc12. The van der Waals surface area contributed by atoms with Gasteiger partial charge in [-0.2, -0.15) is 9.61 Å². The second-order valence-electron chi connectivity index (χ2n) is 9.32. The van der Waals surface area contributed by atoms with E-state index in [4.69, 9.17) is 4.74 Å². The molecule has 1 fully saturated rings. The third-order valence-electron chi connectivity index (χ3n) is 7.26. The first-order chi connectivity index (χ1) is 17.6. The van der Waals surface area contributed by atoms with Crippen LogP contribution in [0.1, 0.15) is 44.7 Å². The van der Waals surface area contributed by atoms with E-state index in [2.05, 4.69) is 21.5 Å². The van der Waals surface area contributed by atoms with Gasteiger partial charge in [-0.3, -0.25) is 4.79 Å². The average molecular weight is 484 g/mol. The normalized spacial score (nSPS) is 16.1. The zero-order valence-electron chi connectivity index (χ0n) is 19.6. The van der Waals surface area contributed by atoms with Gasteiger partial charge < -0.3 is 20.1 Å². The van der Waals surface area contributed by atoms with Crippen molar-refractivity contribution < 1.29 is 19.4 Å². The van der Waals surface area contributed by atoms with E-state index in [1.165, 1.54) is 22.5 Å². The van der Waals surface area contributed by atoms with E-state index in [1.54, 1.807) is 0 Å². The molecule has 6 rings (SSSR count). The number of aromatic nitrogens is 3. The van der Waals surface area contributed by atoms with Crippen LogP contribution in [0, 0.1) is 0 Å². The molecule has 1 amide bonds. The number of para-hydroxylation sites is 1. The molecule has 0 saturated carbocycles. The quantitative estimate of drug-likeness (QED) is 0.446. The number of hydrogen-bond donors (Lipinski definition) is 2. The molecule has 2 aromatic carbocycles. The van der Waals surface area contributed by atoms with Crippen LogP contribution in [-0.4, -0.2) is 56.2 Å². The Balaban J connectivity index is 1.29. The van der Waals surface area contributed by atoms with Crippen LogP contribution in [0.2, 0.25) is 0 Å².